The van der Waals surface area contributed by atoms with E-state index in [2.05, 4.69) is 0 Å². The highest BCUT2D eigenvalue weighted by Crippen LogP contribution is 2.20. The van der Waals surface area contributed by atoms with Gasteiger partial charge in [-0.15, -0.1) is 0 Å². The Morgan fingerprint density at radius 2 is 1.90 bits per heavy atom. The van der Waals surface area contributed by atoms with Gasteiger partial charge in [0, 0.05) is 18.1 Å². The van der Waals surface area contributed by atoms with Gasteiger partial charge in [-0.1, -0.05) is 12.1 Å². The predicted molar refractivity (Wildman–Crippen MR) is 79.9 cm³/mol. The summed E-state index contributed by atoms with van der Waals surface area (Å²) in [6.07, 6.45) is 1.95. The standard InChI is InChI=1S/C17H14O4/c1-20-14-6-7-15-16(9-14)21-10-12(17(15)19)8-11-2-4-13(18)5-3-11/h2-7,9-10,18H,8H2,1H3. The Balaban J connectivity index is 2.02. The molecular weight excluding hydrogens is 268 g/mol. The zero-order chi connectivity index (χ0) is 14.8. The van der Waals surface area contributed by atoms with Crippen molar-refractivity contribution in [2.75, 3.05) is 7.11 Å². The maximum absolute atomic E-state index is 12.4. The molecule has 106 valence electrons. The van der Waals surface area contributed by atoms with Gasteiger partial charge in [0.25, 0.3) is 0 Å². The van der Waals surface area contributed by atoms with Crippen molar-refractivity contribution >= 4 is 11.0 Å². The van der Waals surface area contributed by atoms with Crippen LogP contribution < -0.4 is 10.2 Å². The Morgan fingerprint density at radius 1 is 1.14 bits per heavy atom. The fraction of sp³-hybridized carbons (Fsp3) is 0.118. The molecule has 3 aromatic rings. The van der Waals surface area contributed by atoms with Gasteiger partial charge in [-0.2, -0.15) is 0 Å². The van der Waals surface area contributed by atoms with Crippen LogP contribution in [0.4, 0.5) is 0 Å². The molecule has 0 aliphatic rings. The summed E-state index contributed by atoms with van der Waals surface area (Å²) in [6.45, 7) is 0. The molecule has 1 N–H and O–H groups in total. The predicted octanol–water partition coefficient (Wildman–Crippen LogP) is 3.10. The van der Waals surface area contributed by atoms with Crippen LogP contribution in [-0.4, -0.2) is 12.2 Å². The van der Waals surface area contributed by atoms with Gasteiger partial charge in [0.05, 0.1) is 18.8 Å². The lowest BCUT2D eigenvalue weighted by molar-refractivity contribution is 0.414. The van der Waals surface area contributed by atoms with Crippen molar-refractivity contribution in [3.8, 4) is 11.5 Å². The lowest BCUT2D eigenvalue weighted by atomic mass is 10.0. The van der Waals surface area contributed by atoms with E-state index in [0.717, 1.165) is 5.56 Å². The fourth-order valence-electron chi connectivity index (χ4n) is 2.23. The topological polar surface area (TPSA) is 59.7 Å². The minimum absolute atomic E-state index is 0.0491. The van der Waals surface area contributed by atoms with Crippen LogP contribution >= 0.6 is 0 Å². The summed E-state index contributed by atoms with van der Waals surface area (Å²) < 4.78 is 10.6. The molecule has 0 fully saturated rings. The summed E-state index contributed by atoms with van der Waals surface area (Å²) in [7, 11) is 1.57. The highest BCUT2D eigenvalue weighted by molar-refractivity contribution is 5.78. The molecule has 0 spiro atoms. The first-order valence-electron chi connectivity index (χ1n) is 6.54. The lowest BCUT2D eigenvalue weighted by Crippen LogP contribution is -2.09. The Morgan fingerprint density at radius 3 is 2.62 bits per heavy atom. The lowest BCUT2D eigenvalue weighted by Gasteiger charge is -2.05. The number of ether oxygens (including phenoxy) is 1. The van der Waals surface area contributed by atoms with Crippen LogP contribution in [-0.2, 0) is 6.42 Å². The van der Waals surface area contributed by atoms with E-state index in [4.69, 9.17) is 9.15 Å². The van der Waals surface area contributed by atoms with E-state index in [-0.39, 0.29) is 11.2 Å². The second-order valence-corrected chi connectivity index (χ2v) is 4.80. The van der Waals surface area contributed by atoms with Crippen LogP contribution in [0.25, 0.3) is 11.0 Å². The number of phenolic OH excluding ortho intramolecular Hbond substituents is 1. The molecule has 4 heteroatoms. The average Bonchev–Trinajstić information content (AvgIpc) is 2.52. The number of phenols is 1. The maximum Gasteiger partial charge on any atom is 0.196 e. The largest absolute Gasteiger partial charge is 0.508 e. The number of methoxy groups -OCH3 is 1. The van der Waals surface area contributed by atoms with Crippen LogP contribution in [0, 0.1) is 0 Å². The van der Waals surface area contributed by atoms with Crippen LogP contribution in [0.15, 0.2) is 57.9 Å². The summed E-state index contributed by atoms with van der Waals surface area (Å²) >= 11 is 0. The normalized spacial score (nSPS) is 10.7. The average molecular weight is 282 g/mol. The molecule has 1 heterocycles. The summed E-state index contributed by atoms with van der Waals surface area (Å²) in [6, 6.07) is 11.9. The summed E-state index contributed by atoms with van der Waals surface area (Å²) in [5.74, 6) is 0.855. The third-order valence-corrected chi connectivity index (χ3v) is 3.38. The van der Waals surface area contributed by atoms with Crippen molar-refractivity contribution in [2.24, 2.45) is 0 Å². The zero-order valence-electron chi connectivity index (χ0n) is 11.5. The summed E-state index contributed by atoms with van der Waals surface area (Å²) in [5.41, 5.74) is 1.98. The molecule has 3 rings (SSSR count). The molecule has 4 nitrogen and oxygen atoms in total. The van der Waals surface area contributed by atoms with E-state index in [1.807, 2.05) is 0 Å². The number of benzene rings is 2. The Kier molecular flexibility index (Phi) is 3.36. The van der Waals surface area contributed by atoms with Crippen molar-refractivity contribution in [1.29, 1.82) is 0 Å². The van der Waals surface area contributed by atoms with Crippen molar-refractivity contribution in [3.05, 3.63) is 70.1 Å². The second-order valence-electron chi connectivity index (χ2n) is 4.80. The smallest absolute Gasteiger partial charge is 0.196 e. The number of fused-ring (bicyclic) bond motifs is 1. The van der Waals surface area contributed by atoms with Crippen LogP contribution in [0.2, 0.25) is 0 Å². The first-order valence-corrected chi connectivity index (χ1v) is 6.54. The van der Waals surface area contributed by atoms with Crippen molar-refractivity contribution in [1.82, 2.24) is 0 Å². The van der Waals surface area contributed by atoms with Gasteiger partial charge < -0.3 is 14.3 Å². The van der Waals surface area contributed by atoms with Crippen molar-refractivity contribution < 1.29 is 14.3 Å². The number of rotatable bonds is 3. The molecule has 1 aromatic heterocycles. The number of hydrogen-bond acceptors (Lipinski definition) is 4. The van der Waals surface area contributed by atoms with E-state index >= 15 is 0 Å². The molecule has 0 atom stereocenters. The van der Waals surface area contributed by atoms with Gasteiger partial charge in [-0.3, -0.25) is 4.79 Å². The monoisotopic (exact) mass is 282 g/mol. The second kappa shape index (κ2) is 5.32. The molecule has 0 aliphatic heterocycles. The molecule has 21 heavy (non-hydrogen) atoms. The SMILES string of the molecule is COc1ccc2c(=O)c(Cc3ccc(O)cc3)coc2c1. The number of hydrogen-bond donors (Lipinski definition) is 1. The van der Waals surface area contributed by atoms with Gasteiger partial charge in [0.1, 0.15) is 17.1 Å². The molecule has 0 aliphatic carbocycles. The molecule has 0 saturated heterocycles. The molecular formula is C17H14O4. The maximum atomic E-state index is 12.4. The van der Waals surface area contributed by atoms with Crippen LogP contribution in [0.3, 0.4) is 0 Å². The van der Waals surface area contributed by atoms with Crippen molar-refractivity contribution in [2.45, 2.75) is 6.42 Å². The van der Waals surface area contributed by atoms with E-state index in [0.29, 0.717) is 28.7 Å². The van der Waals surface area contributed by atoms with E-state index in [9.17, 15) is 9.90 Å². The molecule has 0 radical (unpaired) electrons. The van der Waals surface area contributed by atoms with E-state index < -0.39 is 0 Å². The first kappa shape index (κ1) is 13.2. The van der Waals surface area contributed by atoms with Crippen LogP contribution in [0.5, 0.6) is 11.5 Å². The molecule has 2 aromatic carbocycles. The highest BCUT2D eigenvalue weighted by Gasteiger charge is 2.08. The summed E-state index contributed by atoms with van der Waals surface area (Å²) in [4.78, 5) is 12.4. The molecule has 0 saturated carbocycles. The van der Waals surface area contributed by atoms with E-state index in [1.165, 1.54) is 6.26 Å². The van der Waals surface area contributed by atoms with Gasteiger partial charge in [-0.05, 0) is 29.8 Å². The Labute approximate surface area is 121 Å². The molecule has 0 amide bonds. The first-order chi connectivity index (χ1) is 10.2. The minimum Gasteiger partial charge on any atom is -0.508 e. The molecule has 0 unspecified atom stereocenters. The van der Waals surface area contributed by atoms with Crippen LogP contribution in [0.1, 0.15) is 11.1 Å². The third kappa shape index (κ3) is 2.60. The van der Waals surface area contributed by atoms with Gasteiger partial charge in [-0.25, -0.2) is 0 Å². The molecule has 0 bridgehead atoms. The fourth-order valence-corrected chi connectivity index (χ4v) is 2.23. The van der Waals surface area contributed by atoms with Gasteiger partial charge in [0.15, 0.2) is 5.43 Å². The highest BCUT2D eigenvalue weighted by atomic mass is 16.5. The van der Waals surface area contributed by atoms with Gasteiger partial charge in [0.2, 0.25) is 0 Å². The van der Waals surface area contributed by atoms with Crippen molar-refractivity contribution in [3.63, 3.8) is 0 Å². The summed E-state index contributed by atoms with van der Waals surface area (Å²) in [5, 5.41) is 9.81. The quantitative estimate of drug-likeness (QED) is 0.802. The Hall–Kier alpha value is -2.75. The third-order valence-electron chi connectivity index (χ3n) is 3.38. The van der Waals surface area contributed by atoms with E-state index in [1.54, 1.807) is 49.6 Å². The number of aromatic hydroxyl groups is 1. The minimum atomic E-state index is -0.0491. The zero-order valence-corrected chi connectivity index (χ0v) is 11.5. The van der Waals surface area contributed by atoms with Gasteiger partial charge >= 0.3 is 0 Å². The Bertz CT molecular complexity index is 832.